The molecule has 5 rings (SSSR count). The third-order valence-electron chi connectivity index (χ3n) is 6.99. The fourth-order valence-corrected chi connectivity index (χ4v) is 5.27. The van der Waals surface area contributed by atoms with Gasteiger partial charge in [-0.25, -0.2) is 0 Å². The van der Waals surface area contributed by atoms with Gasteiger partial charge in [0.1, 0.15) is 5.69 Å². The fourth-order valence-electron chi connectivity index (χ4n) is 5.27. The van der Waals surface area contributed by atoms with Crippen molar-refractivity contribution in [2.75, 3.05) is 37.6 Å². The average Bonchev–Trinajstić information content (AvgIpc) is 3.15. The third-order valence-corrected chi connectivity index (χ3v) is 6.99. The number of amides is 1. The number of rotatable bonds is 6. The minimum absolute atomic E-state index is 0.0215. The first-order valence-corrected chi connectivity index (χ1v) is 11.6. The van der Waals surface area contributed by atoms with Gasteiger partial charge >= 0.3 is 0 Å². The summed E-state index contributed by atoms with van der Waals surface area (Å²) < 4.78 is 1.98. The molecule has 2 aliphatic rings. The molecule has 0 spiro atoms. The number of nitrogens with zero attached hydrogens (tertiary/aromatic N) is 3. The number of piperazine rings is 1. The number of carbonyl (C=O) groups excluding carboxylic acids is 1. The molecule has 3 heterocycles. The van der Waals surface area contributed by atoms with Gasteiger partial charge in [0.05, 0.1) is 0 Å². The summed E-state index contributed by atoms with van der Waals surface area (Å²) in [5, 5.41) is 4.22. The van der Waals surface area contributed by atoms with Gasteiger partial charge in [-0.05, 0) is 56.0 Å². The zero-order chi connectivity index (χ0) is 21.2. The van der Waals surface area contributed by atoms with Gasteiger partial charge in [-0.2, -0.15) is 0 Å². The minimum Gasteiger partial charge on any atom is -0.366 e. The van der Waals surface area contributed by atoms with E-state index in [1.807, 2.05) is 29.8 Å². The summed E-state index contributed by atoms with van der Waals surface area (Å²) >= 11 is 0. The van der Waals surface area contributed by atoms with Gasteiger partial charge in [0.15, 0.2) is 0 Å². The molecule has 0 bridgehead atoms. The Morgan fingerprint density at radius 3 is 2.81 bits per heavy atom. The second kappa shape index (κ2) is 8.75. The van der Waals surface area contributed by atoms with Crippen molar-refractivity contribution >= 4 is 22.5 Å². The zero-order valence-electron chi connectivity index (χ0n) is 18.4. The van der Waals surface area contributed by atoms with Crippen LogP contribution >= 0.6 is 0 Å². The Hall–Kier alpha value is -2.79. The molecule has 1 N–H and O–H groups in total. The van der Waals surface area contributed by atoms with Gasteiger partial charge in [0.2, 0.25) is 0 Å². The molecule has 2 aromatic carbocycles. The molecule has 5 heteroatoms. The van der Waals surface area contributed by atoms with Crippen LogP contribution in [-0.2, 0) is 13.5 Å². The number of hydrogen-bond acceptors (Lipinski definition) is 3. The van der Waals surface area contributed by atoms with Crippen molar-refractivity contribution in [1.29, 1.82) is 0 Å². The van der Waals surface area contributed by atoms with E-state index in [0.717, 1.165) is 62.2 Å². The van der Waals surface area contributed by atoms with Crippen LogP contribution in [0.25, 0.3) is 10.9 Å². The highest BCUT2D eigenvalue weighted by molar-refractivity contribution is 5.98. The highest BCUT2D eigenvalue weighted by atomic mass is 16.1. The van der Waals surface area contributed by atoms with Crippen molar-refractivity contribution in [2.24, 2.45) is 7.05 Å². The monoisotopic (exact) mass is 416 g/mol. The second-order valence-corrected chi connectivity index (χ2v) is 8.93. The predicted molar refractivity (Wildman–Crippen MR) is 127 cm³/mol. The highest BCUT2D eigenvalue weighted by Gasteiger charge is 2.30. The summed E-state index contributed by atoms with van der Waals surface area (Å²) in [4.78, 5) is 17.8. The van der Waals surface area contributed by atoms with Crippen LogP contribution in [0, 0.1) is 0 Å². The molecule has 0 saturated carbocycles. The third kappa shape index (κ3) is 4.07. The van der Waals surface area contributed by atoms with Crippen LogP contribution in [0.4, 0.5) is 5.69 Å². The average molecular weight is 417 g/mol. The number of carbonyl (C=O) groups is 1. The Morgan fingerprint density at radius 1 is 1.06 bits per heavy atom. The SMILES string of the molecule is Cn1c(C(=O)NCCCCN2CCN3c4ccccc4CCC3C2)cc2ccccc21. The molecule has 31 heavy (non-hydrogen) atoms. The number of unbranched alkanes of at least 4 members (excludes halogenated alkanes) is 1. The van der Waals surface area contributed by atoms with Crippen LogP contribution in [0.3, 0.4) is 0 Å². The number of hydrogen-bond donors (Lipinski definition) is 1. The molecule has 5 nitrogen and oxygen atoms in total. The summed E-state index contributed by atoms with van der Waals surface area (Å²) in [5.41, 5.74) is 4.79. The van der Waals surface area contributed by atoms with Crippen molar-refractivity contribution < 1.29 is 4.79 Å². The molecular weight excluding hydrogens is 384 g/mol. The maximum absolute atomic E-state index is 12.6. The predicted octanol–water partition coefficient (Wildman–Crippen LogP) is 3.83. The molecule has 0 aliphatic carbocycles. The number of aryl methyl sites for hydroxylation is 2. The van der Waals surface area contributed by atoms with Gasteiger partial charge in [0, 0.05) is 55.9 Å². The van der Waals surface area contributed by atoms with E-state index in [9.17, 15) is 4.79 Å². The number of benzene rings is 2. The largest absolute Gasteiger partial charge is 0.366 e. The van der Waals surface area contributed by atoms with E-state index < -0.39 is 0 Å². The Bertz CT molecular complexity index is 1070. The first kappa shape index (κ1) is 20.1. The van der Waals surface area contributed by atoms with Gasteiger partial charge in [-0.1, -0.05) is 36.4 Å². The molecule has 0 radical (unpaired) electrons. The van der Waals surface area contributed by atoms with E-state index in [0.29, 0.717) is 6.04 Å². The van der Waals surface area contributed by atoms with Gasteiger partial charge in [-0.15, -0.1) is 0 Å². The lowest BCUT2D eigenvalue weighted by Crippen LogP contribution is -2.55. The Morgan fingerprint density at radius 2 is 1.90 bits per heavy atom. The van der Waals surface area contributed by atoms with Gasteiger partial charge < -0.3 is 14.8 Å². The smallest absolute Gasteiger partial charge is 0.267 e. The standard InChI is InChI=1S/C26H32N4O/c1-28-23-10-4-3-9-21(23)18-25(28)26(31)27-14-6-7-15-29-16-17-30-22(19-29)13-12-20-8-2-5-11-24(20)30/h2-5,8-11,18,22H,6-7,12-17,19H2,1H3,(H,27,31). The molecule has 1 amide bonds. The van der Waals surface area contributed by atoms with E-state index in [1.54, 1.807) is 0 Å². The van der Waals surface area contributed by atoms with Crippen LogP contribution < -0.4 is 10.2 Å². The molecular formula is C26H32N4O. The summed E-state index contributed by atoms with van der Waals surface area (Å²) in [6, 6.07) is 19.6. The number of para-hydroxylation sites is 2. The highest BCUT2D eigenvalue weighted by Crippen LogP contribution is 2.32. The molecule has 1 aromatic heterocycles. The number of anilines is 1. The lowest BCUT2D eigenvalue weighted by molar-refractivity contribution is 0.0944. The van der Waals surface area contributed by atoms with Crippen LogP contribution in [0.15, 0.2) is 54.6 Å². The van der Waals surface area contributed by atoms with Crippen LogP contribution in [0.1, 0.15) is 35.3 Å². The van der Waals surface area contributed by atoms with E-state index in [4.69, 9.17) is 0 Å². The number of nitrogens with one attached hydrogen (secondary N) is 1. The summed E-state index contributed by atoms with van der Waals surface area (Å²) in [6.45, 7) is 5.27. The first-order valence-electron chi connectivity index (χ1n) is 11.6. The van der Waals surface area contributed by atoms with Crippen molar-refractivity contribution in [3.8, 4) is 0 Å². The molecule has 3 aromatic rings. The molecule has 1 fully saturated rings. The quantitative estimate of drug-likeness (QED) is 0.621. The molecule has 1 atom stereocenters. The molecule has 1 unspecified atom stereocenters. The molecule has 1 saturated heterocycles. The Kier molecular flexibility index (Phi) is 5.68. The van der Waals surface area contributed by atoms with E-state index >= 15 is 0 Å². The summed E-state index contributed by atoms with van der Waals surface area (Å²) in [7, 11) is 1.96. The van der Waals surface area contributed by atoms with Crippen molar-refractivity contribution in [1.82, 2.24) is 14.8 Å². The molecule has 162 valence electrons. The van der Waals surface area contributed by atoms with E-state index in [1.165, 1.54) is 24.1 Å². The molecule has 2 aliphatic heterocycles. The Balaban J connectivity index is 1.06. The van der Waals surface area contributed by atoms with Crippen LogP contribution in [0.5, 0.6) is 0 Å². The minimum atomic E-state index is 0.0215. The first-order chi connectivity index (χ1) is 15.2. The second-order valence-electron chi connectivity index (χ2n) is 8.93. The lowest BCUT2D eigenvalue weighted by atomic mass is 9.94. The summed E-state index contributed by atoms with van der Waals surface area (Å²) in [5.74, 6) is 0.0215. The van der Waals surface area contributed by atoms with Crippen molar-refractivity contribution in [3.05, 3.63) is 65.9 Å². The number of aromatic nitrogens is 1. The zero-order valence-corrected chi connectivity index (χ0v) is 18.4. The normalized spacial score (nSPS) is 18.6. The van der Waals surface area contributed by atoms with Gasteiger partial charge in [-0.3, -0.25) is 9.69 Å². The van der Waals surface area contributed by atoms with E-state index in [2.05, 4.69) is 51.5 Å². The van der Waals surface area contributed by atoms with Crippen molar-refractivity contribution in [2.45, 2.75) is 31.7 Å². The van der Waals surface area contributed by atoms with Gasteiger partial charge in [0.25, 0.3) is 5.91 Å². The topological polar surface area (TPSA) is 40.5 Å². The lowest BCUT2D eigenvalue weighted by Gasteiger charge is -2.46. The fraction of sp³-hybridized carbons (Fsp3) is 0.423. The Labute approximate surface area is 184 Å². The van der Waals surface area contributed by atoms with Crippen LogP contribution in [-0.4, -0.2) is 54.1 Å². The number of fused-ring (bicyclic) bond motifs is 4. The van der Waals surface area contributed by atoms with Crippen LogP contribution in [0.2, 0.25) is 0 Å². The maximum Gasteiger partial charge on any atom is 0.267 e. The summed E-state index contributed by atoms with van der Waals surface area (Å²) in [6.07, 6.45) is 4.60. The van der Waals surface area contributed by atoms with E-state index in [-0.39, 0.29) is 5.91 Å². The van der Waals surface area contributed by atoms with Crippen molar-refractivity contribution in [3.63, 3.8) is 0 Å². The maximum atomic E-state index is 12.6.